The standard InChI is InChI=1S/C34H36F4IN5O4/c1-32(2,3)48-31(47)40-20-22-7-6-8-24(17-22)44-27(19-28(42-44)34(36,37)38)30(46)41-26-18-23(12-13-25(26)35)33(39,15-14-21-10-11-21)43-16-5-4-9-29(43)45/h5-8,12-13,16-19,21H,4,9-11,14-15,20H2,1-3H3,(H,40,47)(H,41,46). The predicted octanol–water partition coefficient (Wildman–Crippen LogP) is 8.22. The van der Waals surface area contributed by atoms with Crippen LogP contribution >= 0.6 is 22.6 Å². The number of aromatic nitrogens is 2. The number of nitrogens with zero attached hydrogens (tertiary/aromatic N) is 3. The number of alkyl carbamates (subject to hydrolysis) is 1. The van der Waals surface area contributed by atoms with Crippen molar-refractivity contribution in [3.8, 4) is 5.69 Å². The van der Waals surface area contributed by atoms with E-state index in [2.05, 4.69) is 38.3 Å². The van der Waals surface area contributed by atoms with Crippen LogP contribution in [0.15, 0.2) is 60.8 Å². The first-order valence-corrected chi connectivity index (χ1v) is 16.6. The van der Waals surface area contributed by atoms with E-state index in [1.165, 1.54) is 24.3 Å². The summed E-state index contributed by atoms with van der Waals surface area (Å²) >= 11 is 2.20. The van der Waals surface area contributed by atoms with E-state index in [1.54, 1.807) is 50.1 Å². The smallest absolute Gasteiger partial charge is 0.435 e. The van der Waals surface area contributed by atoms with Crippen LogP contribution in [0.3, 0.4) is 0 Å². The first-order valence-electron chi connectivity index (χ1n) is 15.6. The molecule has 48 heavy (non-hydrogen) atoms. The van der Waals surface area contributed by atoms with E-state index in [0.29, 0.717) is 42.4 Å². The molecule has 1 aromatic heterocycles. The maximum Gasteiger partial charge on any atom is 0.435 e. The average Bonchev–Trinajstić information content (AvgIpc) is 3.73. The molecular formula is C34H36F4IN5O4. The highest BCUT2D eigenvalue weighted by molar-refractivity contribution is 14.1. The van der Waals surface area contributed by atoms with Gasteiger partial charge in [-0.25, -0.2) is 13.9 Å². The lowest BCUT2D eigenvalue weighted by molar-refractivity contribution is -0.141. The summed E-state index contributed by atoms with van der Waals surface area (Å²) in [5.74, 6) is -1.36. The van der Waals surface area contributed by atoms with Crippen LogP contribution in [0.25, 0.3) is 5.69 Å². The number of hydrogen-bond acceptors (Lipinski definition) is 5. The van der Waals surface area contributed by atoms with Gasteiger partial charge >= 0.3 is 12.3 Å². The minimum Gasteiger partial charge on any atom is -0.444 e. The van der Waals surface area contributed by atoms with Crippen molar-refractivity contribution in [2.45, 2.75) is 81.2 Å². The molecule has 256 valence electrons. The molecule has 0 radical (unpaired) electrons. The Balaban J connectivity index is 1.45. The second-order valence-corrected chi connectivity index (χ2v) is 14.7. The molecular weight excluding hydrogens is 745 g/mol. The van der Waals surface area contributed by atoms with Crippen LogP contribution in [0, 0.1) is 11.7 Å². The molecule has 5 rings (SSSR count). The minimum atomic E-state index is -4.88. The zero-order chi connectivity index (χ0) is 34.9. The Bertz CT molecular complexity index is 1730. The number of nitrogens with one attached hydrogen (secondary N) is 2. The molecule has 3 amide bonds. The molecule has 3 aromatic rings. The van der Waals surface area contributed by atoms with Crippen molar-refractivity contribution in [2.75, 3.05) is 5.32 Å². The van der Waals surface area contributed by atoms with Crippen LogP contribution in [0.5, 0.6) is 0 Å². The molecule has 14 heteroatoms. The average molecular weight is 782 g/mol. The van der Waals surface area contributed by atoms with Crippen LogP contribution in [0.4, 0.5) is 28.0 Å². The maximum atomic E-state index is 15.2. The van der Waals surface area contributed by atoms with E-state index in [4.69, 9.17) is 4.74 Å². The molecule has 1 saturated carbocycles. The first kappa shape index (κ1) is 35.4. The lowest BCUT2D eigenvalue weighted by Crippen LogP contribution is -2.43. The number of hydrogen-bond donors (Lipinski definition) is 2. The quantitative estimate of drug-likeness (QED) is 0.0934. The molecule has 1 unspecified atom stereocenters. The van der Waals surface area contributed by atoms with Crippen LogP contribution in [0.2, 0.25) is 0 Å². The second-order valence-electron chi connectivity index (χ2n) is 12.9. The monoisotopic (exact) mass is 781 g/mol. The van der Waals surface area contributed by atoms with Gasteiger partial charge in [-0.1, -0.05) is 37.1 Å². The number of carbonyl (C=O) groups excluding carboxylic acids is 3. The SMILES string of the molecule is CC(C)(C)OC(=O)NCc1cccc(-n2nc(C(F)(F)F)cc2C(=O)Nc2cc(C(I)(CCC3CC3)N3C=CCCC3=O)ccc2F)c1. The lowest BCUT2D eigenvalue weighted by Gasteiger charge is -2.40. The Morgan fingerprint density at radius 3 is 2.50 bits per heavy atom. The Hall–Kier alpha value is -3.95. The van der Waals surface area contributed by atoms with Gasteiger partial charge in [0.15, 0.2) is 5.69 Å². The topological polar surface area (TPSA) is 106 Å². The summed E-state index contributed by atoms with van der Waals surface area (Å²) in [5.41, 5.74) is -1.62. The number of ether oxygens (including phenoxy) is 1. The Labute approximate surface area is 289 Å². The maximum absolute atomic E-state index is 15.2. The Kier molecular flexibility index (Phi) is 10.2. The molecule has 1 aliphatic carbocycles. The normalized spacial score (nSPS) is 16.4. The lowest BCUT2D eigenvalue weighted by atomic mass is 9.96. The van der Waals surface area contributed by atoms with Gasteiger partial charge in [0.2, 0.25) is 5.91 Å². The highest BCUT2D eigenvalue weighted by Gasteiger charge is 2.41. The van der Waals surface area contributed by atoms with Gasteiger partial charge in [-0.05, 0) is 104 Å². The Morgan fingerprint density at radius 1 is 1.08 bits per heavy atom. The summed E-state index contributed by atoms with van der Waals surface area (Å²) in [6.45, 7) is 5.11. The fraction of sp³-hybridized carbons (Fsp3) is 0.412. The van der Waals surface area contributed by atoms with Crippen molar-refractivity contribution in [3.63, 3.8) is 0 Å². The van der Waals surface area contributed by atoms with Gasteiger partial charge in [0.25, 0.3) is 5.91 Å². The van der Waals surface area contributed by atoms with E-state index in [-0.39, 0.29) is 23.8 Å². The number of amides is 3. The fourth-order valence-electron chi connectivity index (χ4n) is 5.32. The third kappa shape index (κ3) is 8.55. The summed E-state index contributed by atoms with van der Waals surface area (Å²) in [7, 11) is 0. The minimum absolute atomic E-state index is 0.0107. The summed E-state index contributed by atoms with van der Waals surface area (Å²) in [4.78, 5) is 40.4. The largest absolute Gasteiger partial charge is 0.444 e. The highest BCUT2D eigenvalue weighted by atomic mass is 127. The number of anilines is 1. The second kappa shape index (κ2) is 13.9. The molecule has 9 nitrogen and oxygen atoms in total. The number of benzene rings is 2. The van der Waals surface area contributed by atoms with Crippen molar-refractivity contribution in [1.82, 2.24) is 20.0 Å². The number of halogens is 5. The third-order valence-corrected chi connectivity index (χ3v) is 9.57. The number of alkyl halides is 4. The molecule has 0 saturated heterocycles. The van der Waals surface area contributed by atoms with Crippen molar-refractivity contribution >= 4 is 46.2 Å². The first-order chi connectivity index (χ1) is 22.5. The van der Waals surface area contributed by atoms with E-state index >= 15 is 4.39 Å². The van der Waals surface area contributed by atoms with Crippen LogP contribution in [0.1, 0.15) is 86.6 Å². The summed E-state index contributed by atoms with van der Waals surface area (Å²) in [5, 5.41) is 8.69. The van der Waals surface area contributed by atoms with Gasteiger partial charge in [0.05, 0.1) is 11.4 Å². The number of rotatable bonds is 10. The van der Waals surface area contributed by atoms with Crippen molar-refractivity contribution in [2.24, 2.45) is 5.92 Å². The zero-order valence-electron chi connectivity index (χ0n) is 26.7. The molecule has 1 fully saturated rings. The van der Waals surface area contributed by atoms with Crippen molar-refractivity contribution < 1.29 is 36.7 Å². The summed E-state index contributed by atoms with van der Waals surface area (Å²) < 4.78 is 61.9. The number of allylic oxidation sites excluding steroid dienone is 1. The predicted molar refractivity (Wildman–Crippen MR) is 179 cm³/mol. The van der Waals surface area contributed by atoms with Crippen molar-refractivity contribution in [3.05, 3.63) is 89.1 Å². The molecule has 2 N–H and O–H groups in total. The third-order valence-electron chi connectivity index (χ3n) is 7.89. The summed E-state index contributed by atoms with van der Waals surface area (Å²) in [6, 6.07) is 10.9. The molecule has 0 spiro atoms. The molecule has 1 atom stereocenters. The summed E-state index contributed by atoms with van der Waals surface area (Å²) in [6.07, 6.45) is 2.69. The van der Waals surface area contributed by atoms with Crippen molar-refractivity contribution in [1.29, 1.82) is 0 Å². The van der Waals surface area contributed by atoms with Gasteiger partial charge in [0.1, 0.15) is 20.7 Å². The fourth-order valence-corrected chi connectivity index (χ4v) is 6.40. The van der Waals surface area contributed by atoms with Gasteiger partial charge < -0.3 is 20.3 Å². The van der Waals surface area contributed by atoms with Crippen LogP contribution in [-0.2, 0) is 25.8 Å². The Morgan fingerprint density at radius 2 is 1.83 bits per heavy atom. The molecule has 0 bridgehead atoms. The highest BCUT2D eigenvalue weighted by Crippen LogP contribution is 2.46. The van der Waals surface area contributed by atoms with Gasteiger partial charge in [-0.15, -0.1) is 0 Å². The molecule has 1 aliphatic heterocycles. The van der Waals surface area contributed by atoms with E-state index < -0.39 is 44.5 Å². The van der Waals surface area contributed by atoms with Crippen LogP contribution in [-0.4, -0.2) is 38.2 Å². The molecule has 2 heterocycles. The van der Waals surface area contributed by atoms with E-state index in [0.717, 1.165) is 23.9 Å². The molecule has 2 aliphatic rings. The van der Waals surface area contributed by atoms with Gasteiger partial charge in [-0.3, -0.25) is 9.59 Å². The zero-order valence-corrected chi connectivity index (χ0v) is 28.8. The van der Waals surface area contributed by atoms with E-state index in [1.807, 2.05) is 6.08 Å². The number of carbonyl (C=O) groups is 3. The molecule has 2 aromatic carbocycles. The van der Waals surface area contributed by atoms with Crippen LogP contribution < -0.4 is 10.6 Å². The van der Waals surface area contributed by atoms with Gasteiger partial charge in [-0.2, -0.15) is 18.3 Å². The van der Waals surface area contributed by atoms with Gasteiger partial charge in [0, 0.05) is 25.2 Å². The van der Waals surface area contributed by atoms with E-state index in [9.17, 15) is 27.6 Å².